The molecule has 1 aromatic heterocycles. The summed E-state index contributed by atoms with van der Waals surface area (Å²) < 4.78 is 21.7. The number of aromatic hydroxyl groups is 2. The molecule has 11 nitrogen and oxygen atoms in total. The smallest absolute Gasteiger partial charge is 0.229 e. The average Bonchev–Trinajstić information content (AvgIpc) is 2.79. The van der Waals surface area contributed by atoms with Crippen LogP contribution in [0.25, 0.3) is 22.3 Å². The highest BCUT2D eigenvalue weighted by molar-refractivity contribution is 5.86. The third-order valence-corrected chi connectivity index (χ3v) is 5.34. The van der Waals surface area contributed by atoms with Crippen molar-refractivity contribution < 1.29 is 49.3 Å². The van der Waals surface area contributed by atoms with Gasteiger partial charge in [-0.3, -0.25) is 4.79 Å². The zero-order valence-electron chi connectivity index (χ0n) is 17.3. The summed E-state index contributed by atoms with van der Waals surface area (Å²) in [6, 6.07) is 7.81. The van der Waals surface area contributed by atoms with Crippen LogP contribution >= 0.6 is 0 Å². The lowest BCUT2D eigenvalue weighted by Gasteiger charge is -2.39. The molecule has 1 aliphatic rings. The first-order valence-corrected chi connectivity index (χ1v) is 9.89. The predicted octanol–water partition coefficient (Wildman–Crippen LogP) is 0.0585. The summed E-state index contributed by atoms with van der Waals surface area (Å²) in [5, 5.41) is 59.3. The Morgan fingerprint density at radius 1 is 0.970 bits per heavy atom. The molecule has 2 heterocycles. The van der Waals surface area contributed by atoms with E-state index >= 15 is 0 Å². The lowest BCUT2D eigenvalue weighted by molar-refractivity contribution is -0.277. The molecule has 11 heteroatoms. The number of rotatable bonds is 5. The van der Waals surface area contributed by atoms with E-state index in [-0.39, 0.29) is 39.7 Å². The number of phenolic OH excluding ortho intramolecular Hbond substituents is 2. The molecular formula is C22H22O11. The number of aliphatic hydroxyl groups excluding tert-OH is 4. The highest BCUT2D eigenvalue weighted by Gasteiger charge is 2.45. The maximum Gasteiger partial charge on any atom is 0.229 e. The second-order valence-corrected chi connectivity index (χ2v) is 7.49. The summed E-state index contributed by atoms with van der Waals surface area (Å²) in [4.78, 5) is 13.0. The Labute approximate surface area is 186 Å². The number of aliphatic hydroxyl groups is 4. The molecule has 0 saturated carbocycles. The van der Waals surface area contributed by atoms with E-state index in [2.05, 4.69) is 0 Å². The fourth-order valence-corrected chi connectivity index (χ4v) is 3.59. The summed E-state index contributed by atoms with van der Waals surface area (Å²) in [5.74, 6) is -0.353. The molecule has 0 aliphatic carbocycles. The van der Waals surface area contributed by atoms with Gasteiger partial charge in [-0.05, 0) is 18.2 Å². The minimum Gasteiger partial charge on any atom is -0.508 e. The number of ether oxygens (including phenoxy) is 3. The summed E-state index contributed by atoms with van der Waals surface area (Å²) in [6.45, 7) is -0.660. The van der Waals surface area contributed by atoms with Crippen molar-refractivity contribution in [2.24, 2.45) is 0 Å². The topological polar surface area (TPSA) is 179 Å². The van der Waals surface area contributed by atoms with Gasteiger partial charge in [0.25, 0.3) is 0 Å². The Hall–Kier alpha value is -3.35. The Bertz CT molecular complexity index is 1220. The van der Waals surface area contributed by atoms with Crippen LogP contribution in [0.4, 0.5) is 0 Å². The van der Waals surface area contributed by atoms with Gasteiger partial charge in [0, 0.05) is 23.8 Å². The van der Waals surface area contributed by atoms with Gasteiger partial charge >= 0.3 is 0 Å². The second-order valence-electron chi connectivity index (χ2n) is 7.49. The lowest BCUT2D eigenvalue weighted by Crippen LogP contribution is -2.60. The van der Waals surface area contributed by atoms with Crippen LogP contribution < -0.4 is 14.9 Å². The molecule has 0 bridgehead atoms. The minimum absolute atomic E-state index is 0.0517. The third kappa shape index (κ3) is 4.19. The summed E-state index contributed by atoms with van der Waals surface area (Å²) in [6.07, 6.45) is -7.76. The number of methoxy groups -OCH3 is 1. The molecule has 5 unspecified atom stereocenters. The fraction of sp³-hybridized carbons (Fsp3) is 0.318. The molecule has 3 aromatic rings. The van der Waals surface area contributed by atoms with Gasteiger partial charge in [-0.2, -0.15) is 0 Å². The predicted molar refractivity (Wildman–Crippen MR) is 112 cm³/mol. The maximum atomic E-state index is 13.0. The average molecular weight is 462 g/mol. The first kappa shape index (κ1) is 22.8. The Kier molecular flexibility index (Phi) is 6.15. The van der Waals surface area contributed by atoms with Crippen molar-refractivity contribution in [2.75, 3.05) is 13.7 Å². The zero-order valence-corrected chi connectivity index (χ0v) is 17.3. The van der Waals surface area contributed by atoms with Crippen molar-refractivity contribution in [1.82, 2.24) is 0 Å². The monoisotopic (exact) mass is 462 g/mol. The molecular weight excluding hydrogens is 440 g/mol. The summed E-state index contributed by atoms with van der Waals surface area (Å²) in [7, 11) is 1.37. The van der Waals surface area contributed by atoms with Crippen LogP contribution in [-0.4, -0.2) is 75.1 Å². The number of hydrogen-bond acceptors (Lipinski definition) is 11. The van der Waals surface area contributed by atoms with Crippen molar-refractivity contribution >= 4 is 11.0 Å². The van der Waals surface area contributed by atoms with Gasteiger partial charge in [0.2, 0.25) is 6.29 Å². The van der Waals surface area contributed by atoms with Crippen molar-refractivity contribution in [1.29, 1.82) is 0 Å². The van der Waals surface area contributed by atoms with Gasteiger partial charge in [0.1, 0.15) is 52.6 Å². The van der Waals surface area contributed by atoms with Gasteiger partial charge < -0.3 is 49.3 Å². The van der Waals surface area contributed by atoms with E-state index in [1.165, 1.54) is 37.4 Å². The van der Waals surface area contributed by atoms with Crippen molar-refractivity contribution in [2.45, 2.75) is 30.7 Å². The minimum atomic E-state index is -1.71. The highest BCUT2D eigenvalue weighted by Crippen LogP contribution is 2.35. The van der Waals surface area contributed by atoms with Crippen LogP contribution in [0, 0.1) is 0 Å². The van der Waals surface area contributed by atoms with E-state index in [0.717, 1.165) is 6.07 Å². The summed E-state index contributed by atoms with van der Waals surface area (Å²) in [5.41, 5.74) is -0.189. The van der Waals surface area contributed by atoms with Gasteiger partial charge in [-0.15, -0.1) is 0 Å². The SMILES string of the molecule is COc1cc(-c2cc(=O)c3c(OC4OC(CO)C(O)C(O)C4O)cc(O)cc3o2)ccc1O. The van der Waals surface area contributed by atoms with E-state index in [0.29, 0.717) is 5.56 Å². The summed E-state index contributed by atoms with van der Waals surface area (Å²) >= 11 is 0. The van der Waals surface area contributed by atoms with E-state index in [1.54, 1.807) is 0 Å². The molecule has 1 aliphatic heterocycles. The van der Waals surface area contributed by atoms with Crippen LogP contribution in [0.15, 0.2) is 45.6 Å². The van der Waals surface area contributed by atoms with Gasteiger partial charge in [-0.1, -0.05) is 0 Å². The van der Waals surface area contributed by atoms with Gasteiger partial charge in [0.15, 0.2) is 16.9 Å². The van der Waals surface area contributed by atoms with Crippen molar-refractivity contribution in [3.05, 3.63) is 46.6 Å². The van der Waals surface area contributed by atoms with Crippen LogP contribution in [0.1, 0.15) is 0 Å². The van der Waals surface area contributed by atoms with Crippen LogP contribution in [0.3, 0.4) is 0 Å². The number of hydrogen-bond donors (Lipinski definition) is 6. The van der Waals surface area contributed by atoms with E-state index in [4.69, 9.17) is 18.6 Å². The number of benzene rings is 2. The molecule has 0 spiro atoms. The molecule has 4 rings (SSSR count). The highest BCUT2D eigenvalue weighted by atomic mass is 16.7. The first-order chi connectivity index (χ1) is 15.7. The van der Waals surface area contributed by atoms with Crippen LogP contribution in [0.5, 0.6) is 23.0 Å². The van der Waals surface area contributed by atoms with Crippen LogP contribution in [-0.2, 0) is 4.74 Å². The van der Waals surface area contributed by atoms with Crippen molar-refractivity contribution in [3.8, 4) is 34.3 Å². The molecule has 6 N–H and O–H groups in total. The maximum absolute atomic E-state index is 13.0. The van der Waals surface area contributed by atoms with E-state index in [9.17, 15) is 35.4 Å². The Balaban J connectivity index is 1.76. The molecule has 33 heavy (non-hydrogen) atoms. The van der Waals surface area contributed by atoms with Gasteiger partial charge in [-0.25, -0.2) is 0 Å². The molecule has 5 atom stereocenters. The fourth-order valence-electron chi connectivity index (χ4n) is 3.59. The second kappa shape index (κ2) is 8.89. The standard InChI is InChI=1S/C22H22O11/c1-30-14-4-9(2-3-11(14)25)13-7-12(26)18-15(31-13)5-10(24)6-16(18)32-22-21(29)20(28)19(27)17(8-23)33-22/h2-7,17,19-25,27-29H,8H2,1H3. The quantitative estimate of drug-likeness (QED) is 0.302. The molecule has 2 aromatic carbocycles. The Morgan fingerprint density at radius 3 is 2.42 bits per heavy atom. The van der Waals surface area contributed by atoms with Crippen molar-refractivity contribution in [3.63, 3.8) is 0 Å². The lowest BCUT2D eigenvalue weighted by atomic mass is 9.99. The molecule has 1 saturated heterocycles. The largest absolute Gasteiger partial charge is 0.508 e. The third-order valence-electron chi connectivity index (χ3n) is 5.34. The van der Waals surface area contributed by atoms with E-state index in [1.807, 2.05) is 0 Å². The van der Waals surface area contributed by atoms with Gasteiger partial charge in [0.05, 0.1) is 13.7 Å². The molecule has 1 fully saturated rings. The number of fused-ring (bicyclic) bond motifs is 1. The molecule has 176 valence electrons. The zero-order chi connectivity index (χ0) is 23.9. The molecule has 0 radical (unpaired) electrons. The Morgan fingerprint density at radius 2 is 1.73 bits per heavy atom. The van der Waals surface area contributed by atoms with Crippen LogP contribution in [0.2, 0.25) is 0 Å². The first-order valence-electron chi connectivity index (χ1n) is 9.89. The van der Waals surface area contributed by atoms with E-state index < -0.39 is 42.7 Å². The number of phenols is 2. The normalized spacial score (nSPS) is 25.2. The molecule has 0 amide bonds.